The molecule has 0 aliphatic carbocycles. The second-order valence-corrected chi connectivity index (χ2v) is 6.64. The summed E-state index contributed by atoms with van der Waals surface area (Å²) in [7, 11) is 3.34. The van der Waals surface area contributed by atoms with Gasteiger partial charge in [0.2, 0.25) is 5.91 Å². The number of rotatable bonds is 7. The van der Waals surface area contributed by atoms with Crippen molar-refractivity contribution in [2.24, 2.45) is 0 Å². The Hall–Kier alpha value is -3.61. The van der Waals surface area contributed by atoms with E-state index in [2.05, 4.69) is 5.32 Å². The lowest BCUT2D eigenvalue weighted by molar-refractivity contribution is -0.121. The average Bonchev–Trinajstić information content (AvgIpc) is 2.71. The Morgan fingerprint density at radius 1 is 1.10 bits per heavy atom. The van der Waals surface area contributed by atoms with E-state index in [0.29, 0.717) is 22.7 Å². The summed E-state index contributed by atoms with van der Waals surface area (Å²) in [4.78, 5) is 37.1. The van der Waals surface area contributed by atoms with Gasteiger partial charge in [-0.15, -0.1) is 0 Å². The van der Waals surface area contributed by atoms with E-state index in [1.54, 1.807) is 24.3 Å². The maximum atomic E-state index is 12.2. The summed E-state index contributed by atoms with van der Waals surface area (Å²) in [5.74, 6) is 0.176. The molecule has 1 heterocycles. The van der Waals surface area contributed by atoms with Gasteiger partial charge in [0.15, 0.2) is 0 Å². The Bertz CT molecular complexity index is 1120. The van der Waals surface area contributed by atoms with Crippen molar-refractivity contribution in [2.75, 3.05) is 24.4 Å². The molecule has 1 N–H and O–H groups in total. The fourth-order valence-electron chi connectivity index (χ4n) is 3.02. The lowest BCUT2D eigenvalue weighted by Gasteiger charge is -2.22. The molecule has 3 rings (SSSR count). The van der Waals surface area contributed by atoms with Crippen molar-refractivity contribution >= 4 is 39.7 Å². The monoisotopic (exact) mass is 394 g/mol. The van der Waals surface area contributed by atoms with Gasteiger partial charge in [0.05, 0.1) is 18.5 Å². The molecule has 2 aromatic carbocycles. The van der Waals surface area contributed by atoms with E-state index in [9.17, 15) is 14.4 Å². The molecule has 1 aromatic heterocycles. The summed E-state index contributed by atoms with van der Waals surface area (Å²) in [6, 6.07) is 14.0. The van der Waals surface area contributed by atoms with Crippen LogP contribution in [0.3, 0.4) is 0 Å². The van der Waals surface area contributed by atoms with Crippen molar-refractivity contribution in [3.05, 3.63) is 59.0 Å². The molecule has 0 aliphatic rings. The Kier molecular flexibility index (Phi) is 5.97. The van der Waals surface area contributed by atoms with Crippen LogP contribution >= 0.6 is 0 Å². The summed E-state index contributed by atoms with van der Waals surface area (Å²) >= 11 is 0. The average molecular weight is 394 g/mol. The number of ether oxygens (including phenoxy) is 1. The number of carbonyl (C=O) groups is 2. The highest BCUT2D eigenvalue weighted by Crippen LogP contribution is 2.34. The van der Waals surface area contributed by atoms with Gasteiger partial charge >= 0.3 is 5.63 Å². The van der Waals surface area contributed by atoms with E-state index >= 15 is 0 Å². The Balaban J connectivity index is 1.96. The smallest absolute Gasteiger partial charge is 0.338 e. The second kappa shape index (κ2) is 8.60. The van der Waals surface area contributed by atoms with Crippen molar-refractivity contribution in [1.29, 1.82) is 0 Å². The third kappa shape index (κ3) is 4.63. The van der Waals surface area contributed by atoms with E-state index < -0.39 is 5.63 Å². The minimum absolute atomic E-state index is 0.0459. The summed E-state index contributed by atoms with van der Waals surface area (Å²) in [6.45, 7) is 1.45. The third-order valence-electron chi connectivity index (χ3n) is 4.54. The summed E-state index contributed by atoms with van der Waals surface area (Å²) in [6.07, 6.45) is 0.280. The van der Waals surface area contributed by atoms with Crippen LogP contribution in [0.4, 0.5) is 17.1 Å². The number of hydrogen-bond acceptors (Lipinski definition) is 6. The number of methoxy groups -OCH3 is 1. The molecule has 0 fully saturated rings. The molecule has 0 atom stereocenters. The summed E-state index contributed by atoms with van der Waals surface area (Å²) in [5, 5.41) is 3.58. The molecule has 0 spiro atoms. The van der Waals surface area contributed by atoms with Gasteiger partial charge in [-0.2, -0.15) is 0 Å². The van der Waals surface area contributed by atoms with Crippen molar-refractivity contribution in [3.63, 3.8) is 0 Å². The first-order chi connectivity index (χ1) is 13.9. The van der Waals surface area contributed by atoms with Crippen molar-refractivity contribution < 1.29 is 18.7 Å². The van der Waals surface area contributed by atoms with E-state index in [1.807, 2.05) is 30.1 Å². The molecular formula is C22H22N2O5. The zero-order valence-corrected chi connectivity index (χ0v) is 16.5. The number of nitrogens with zero attached hydrogens (tertiary/aromatic N) is 1. The van der Waals surface area contributed by atoms with E-state index in [0.717, 1.165) is 11.1 Å². The Labute approximate surface area is 167 Å². The second-order valence-electron chi connectivity index (χ2n) is 6.64. The third-order valence-corrected chi connectivity index (χ3v) is 4.54. The van der Waals surface area contributed by atoms with Crippen LogP contribution in [0.1, 0.15) is 19.8 Å². The number of nitrogens with one attached hydrogen (secondary N) is 1. The maximum Gasteiger partial charge on any atom is 0.338 e. The largest absolute Gasteiger partial charge is 0.495 e. The highest BCUT2D eigenvalue weighted by Gasteiger charge is 2.15. The number of hydrogen-bond donors (Lipinski definition) is 1. The normalized spacial score (nSPS) is 10.6. The van der Waals surface area contributed by atoms with E-state index in [1.165, 1.54) is 20.1 Å². The van der Waals surface area contributed by atoms with Crippen LogP contribution in [0.5, 0.6) is 5.75 Å². The van der Waals surface area contributed by atoms with Crippen LogP contribution in [0.25, 0.3) is 11.0 Å². The number of ketones is 1. The fourth-order valence-corrected chi connectivity index (χ4v) is 3.02. The molecule has 0 aliphatic heterocycles. The fraction of sp³-hybridized carbons (Fsp3) is 0.227. The number of amides is 1. The first-order valence-corrected chi connectivity index (χ1v) is 9.13. The van der Waals surface area contributed by atoms with Crippen LogP contribution in [0, 0.1) is 0 Å². The van der Waals surface area contributed by atoms with Crippen molar-refractivity contribution in [1.82, 2.24) is 0 Å². The van der Waals surface area contributed by atoms with E-state index in [-0.39, 0.29) is 24.5 Å². The highest BCUT2D eigenvalue weighted by atomic mass is 16.5. The molecule has 0 radical (unpaired) electrons. The molecule has 7 heteroatoms. The molecule has 0 saturated heterocycles. The lowest BCUT2D eigenvalue weighted by atomic mass is 10.1. The zero-order valence-electron chi connectivity index (χ0n) is 16.5. The van der Waals surface area contributed by atoms with Gasteiger partial charge in [-0.1, -0.05) is 12.1 Å². The van der Waals surface area contributed by atoms with Crippen LogP contribution in [0.15, 0.2) is 57.7 Å². The van der Waals surface area contributed by atoms with Crippen molar-refractivity contribution in [2.45, 2.75) is 19.8 Å². The number of para-hydroxylation sites is 1. The standard InChI is InChI=1S/C22H22N2O5/c1-14(25)8-11-21(26)23-17-12-15(9-10-20(17)28-3)24(2)18-13-22(27)29-19-7-5-4-6-16(18)19/h4-7,9-10,12-13H,8,11H2,1-3H3,(H,23,26). The number of carbonyl (C=O) groups excluding carboxylic acids is 2. The van der Waals surface area contributed by atoms with Gasteiger partial charge in [-0.25, -0.2) is 4.79 Å². The Morgan fingerprint density at radius 2 is 1.86 bits per heavy atom. The molecule has 0 saturated carbocycles. The quantitative estimate of drug-likeness (QED) is 0.612. The first-order valence-electron chi connectivity index (χ1n) is 9.13. The number of benzene rings is 2. The first kappa shape index (κ1) is 20.1. The van der Waals surface area contributed by atoms with Crippen molar-refractivity contribution in [3.8, 4) is 5.75 Å². The summed E-state index contributed by atoms with van der Waals surface area (Å²) < 4.78 is 10.6. The van der Waals surface area contributed by atoms with Gasteiger partial charge in [0.25, 0.3) is 0 Å². The van der Waals surface area contributed by atoms with Gasteiger partial charge in [-0.05, 0) is 37.3 Å². The lowest BCUT2D eigenvalue weighted by Crippen LogP contribution is -2.15. The van der Waals surface area contributed by atoms with Crippen LogP contribution in [-0.4, -0.2) is 25.8 Å². The van der Waals surface area contributed by atoms with Crippen LogP contribution < -0.4 is 20.6 Å². The Morgan fingerprint density at radius 3 is 2.59 bits per heavy atom. The number of fused-ring (bicyclic) bond motifs is 1. The van der Waals surface area contributed by atoms with E-state index in [4.69, 9.17) is 9.15 Å². The summed E-state index contributed by atoms with van der Waals surface area (Å²) in [5.41, 5.74) is 1.95. The highest BCUT2D eigenvalue weighted by molar-refractivity contribution is 5.96. The molecule has 29 heavy (non-hydrogen) atoms. The predicted molar refractivity (Wildman–Crippen MR) is 112 cm³/mol. The molecular weight excluding hydrogens is 372 g/mol. The molecule has 0 unspecified atom stereocenters. The molecule has 7 nitrogen and oxygen atoms in total. The number of anilines is 3. The predicted octanol–water partition coefficient (Wildman–Crippen LogP) is 3.88. The van der Waals surface area contributed by atoms with Gasteiger partial charge in [-0.3, -0.25) is 4.79 Å². The molecule has 0 bridgehead atoms. The van der Waals surface area contributed by atoms with Gasteiger partial charge < -0.3 is 24.2 Å². The number of Topliss-reactive ketones (excluding diaryl/α,β-unsaturated/α-hetero) is 1. The molecule has 3 aromatic rings. The maximum absolute atomic E-state index is 12.2. The SMILES string of the molecule is COc1ccc(N(C)c2cc(=O)oc3ccccc23)cc1NC(=O)CCC(C)=O. The molecule has 1 amide bonds. The van der Waals surface area contributed by atoms with Crippen LogP contribution in [0.2, 0.25) is 0 Å². The minimum atomic E-state index is -0.447. The minimum Gasteiger partial charge on any atom is -0.495 e. The zero-order chi connectivity index (χ0) is 21.0. The van der Waals surface area contributed by atoms with Gasteiger partial charge in [0, 0.05) is 37.0 Å². The van der Waals surface area contributed by atoms with Gasteiger partial charge in [0.1, 0.15) is 17.1 Å². The van der Waals surface area contributed by atoms with Crippen LogP contribution in [-0.2, 0) is 9.59 Å². The molecule has 150 valence electrons. The topological polar surface area (TPSA) is 88.8 Å².